The Morgan fingerprint density at radius 1 is 0.783 bits per heavy atom. The van der Waals surface area contributed by atoms with Crippen LogP contribution in [-0.2, 0) is 19.2 Å². The van der Waals surface area contributed by atoms with Gasteiger partial charge < -0.3 is 15.9 Å². The van der Waals surface area contributed by atoms with Gasteiger partial charge in [-0.3, -0.25) is 19.2 Å². The van der Waals surface area contributed by atoms with Gasteiger partial charge in [0.15, 0.2) is 0 Å². The number of hydrogen-bond acceptors (Lipinski definition) is 13. The highest BCUT2D eigenvalue weighted by atomic mass is 31.3. The SMILES string of the molecule is N[C@@H](C(=O)C(=O)C([P+](O)(O)O)[P+](O)(O)O)C(=O)C(=O)[C@H](O)CO. The van der Waals surface area contributed by atoms with E-state index in [-0.39, 0.29) is 0 Å². The Bertz CT molecular complexity index is 494. The number of aliphatic hydroxyl groups excluding tert-OH is 2. The molecule has 0 fully saturated rings. The first-order chi connectivity index (χ1) is 10.2. The normalized spacial score (nSPS) is 15.2. The molecule has 0 aromatic rings. The van der Waals surface area contributed by atoms with Crippen LogP contribution in [-0.4, -0.2) is 86.9 Å². The quantitative estimate of drug-likeness (QED) is 0.103. The maximum atomic E-state index is 11.6. The zero-order valence-electron chi connectivity index (χ0n) is 11.1. The summed E-state index contributed by atoms with van der Waals surface area (Å²) in [6, 6.07) is -2.60. The van der Waals surface area contributed by atoms with Crippen molar-refractivity contribution in [3.63, 3.8) is 0 Å². The third-order valence-electron chi connectivity index (χ3n) is 2.42. The molecule has 0 aromatic heterocycles. The Morgan fingerprint density at radius 3 is 1.43 bits per heavy atom. The van der Waals surface area contributed by atoms with Gasteiger partial charge in [-0.2, -0.15) is 29.4 Å². The Balaban J connectivity index is 5.47. The van der Waals surface area contributed by atoms with E-state index in [1.54, 1.807) is 0 Å². The first-order valence-corrected chi connectivity index (χ1v) is 8.94. The predicted octanol–water partition coefficient (Wildman–Crippen LogP) is -5.25. The highest BCUT2D eigenvalue weighted by molar-refractivity contribution is 7.79. The molecule has 0 unspecified atom stereocenters. The van der Waals surface area contributed by atoms with Gasteiger partial charge in [0.25, 0.3) is 5.78 Å². The van der Waals surface area contributed by atoms with Crippen molar-refractivity contribution in [1.82, 2.24) is 0 Å². The lowest BCUT2D eigenvalue weighted by molar-refractivity contribution is -0.147. The van der Waals surface area contributed by atoms with Gasteiger partial charge in [-0.15, -0.1) is 0 Å². The summed E-state index contributed by atoms with van der Waals surface area (Å²) in [7, 11) is -11.0. The van der Waals surface area contributed by atoms with E-state index in [0.29, 0.717) is 0 Å². The lowest BCUT2D eigenvalue weighted by atomic mass is 10.0. The minimum Gasteiger partial charge on any atom is -0.393 e. The first kappa shape index (κ1) is 22.2. The highest BCUT2D eigenvalue weighted by Crippen LogP contribution is 2.69. The molecule has 0 aliphatic carbocycles. The van der Waals surface area contributed by atoms with Crippen LogP contribution >= 0.6 is 15.9 Å². The van der Waals surface area contributed by atoms with E-state index in [1.807, 2.05) is 0 Å². The van der Waals surface area contributed by atoms with Crippen molar-refractivity contribution in [3.8, 4) is 0 Å². The van der Waals surface area contributed by atoms with Crippen LogP contribution in [0.15, 0.2) is 0 Å². The molecule has 23 heavy (non-hydrogen) atoms. The fourth-order valence-corrected chi connectivity index (χ4v) is 3.87. The molecule has 0 saturated carbocycles. The molecule has 0 aliphatic heterocycles. The summed E-state index contributed by atoms with van der Waals surface area (Å²) in [6.07, 6.45) is -2.23. The van der Waals surface area contributed by atoms with Gasteiger partial charge in [0.05, 0.1) is 6.61 Å². The number of Topliss-reactive ketones (excluding diaryl/α,β-unsaturated/α-hetero) is 4. The summed E-state index contributed by atoms with van der Waals surface area (Å²) in [5.74, 6) is -7.88. The Hall–Kier alpha value is -0.820. The third-order valence-corrected chi connectivity index (χ3v) is 6.06. The summed E-state index contributed by atoms with van der Waals surface area (Å²) < 4.78 is 0. The second-order valence-electron chi connectivity index (χ2n) is 4.24. The highest BCUT2D eigenvalue weighted by Gasteiger charge is 2.70. The van der Waals surface area contributed by atoms with Crippen LogP contribution in [0.2, 0.25) is 0 Å². The van der Waals surface area contributed by atoms with Crippen molar-refractivity contribution < 1.29 is 58.8 Å². The molecule has 2 atom stereocenters. The minimum atomic E-state index is -5.49. The van der Waals surface area contributed by atoms with Gasteiger partial charge in [-0.25, -0.2) is 0 Å². The average Bonchev–Trinajstić information content (AvgIpc) is 2.39. The zero-order chi connectivity index (χ0) is 18.7. The van der Waals surface area contributed by atoms with Crippen LogP contribution in [0.5, 0.6) is 0 Å². The van der Waals surface area contributed by atoms with Crippen molar-refractivity contribution in [2.75, 3.05) is 6.61 Å². The average molecular weight is 379 g/mol. The van der Waals surface area contributed by atoms with Gasteiger partial charge in [-0.1, -0.05) is 0 Å². The van der Waals surface area contributed by atoms with Crippen molar-refractivity contribution in [2.45, 2.75) is 17.5 Å². The second-order valence-corrected chi connectivity index (χ2v) is 8.14. The van der Waals surface area contributed by atoms with Crippen LogP contribution < -0.4 is 5.73 Å². The summed E-state index contributed by atoms with van der Waals surface area (Å²) in [6.45, 7) is -1.20. The van der Waals surface area contributed by atoms with E-state index in [2.05, 4.69) is 0 Å². The fourth-order valence-electron chi connectivity index (χ4n) is 1.32. The van der Waals surface area contributed by atoms with Gasteiger partial charge in [0, 0.05) is 0 Å². The second kappa shape index (κ2) is 7.83. The van der Waals surface area contributed by atoms with E-state index >= 15 is 0 Å². The van der Waals surface area contributed by atoms with E-state index in [9.17, 15) is 19.2 Å². The Morgan fingerprint density at radius 2 is 1.13 bits per heavy atom. The minimum absolute atomic E-state index is 1.20. The smallest absolute Gasteiger partial charge is 0.393 e. The number of carbonyl (C=O) groups is 4. The first-order valence-electron chi connectivity index (χ1n) is 5.50. The van der Waals surface area contributed by atoms with Crippen molar-refractivity contribution in [3.05, 3.63) is 0 Å². The van der Waals surface area contributed by atoms with E-state index in [1.165, 1.54) is 0 Å². The molecular weight excluding hydrogens is 364 g/mol. The van der Waals surface area contributed by atoms with E-state index in [0.717, 1.165) is 0 Å². The van der Waals surface area contributed by atoms with Gasteiger partial charge in [0.2, 0.25) is 17.3 Å². The lowest BCUT2D eigenvalue weighted by Gasteiger charge is -2.16. The molecule has 132 valence electrons. The predicted molar refractivity (Wildman–Crippen MR) is 72.0 cm³/mol. The van der Waals surface area contributed by atoms with Crippen molar-refractivity contribution >= 4 is 39.0 Å². The number of hydrogen-bond donors (Lipinski definition) is 9. The summed E-state index contributed by atoms with van der Waals surface area (Å²) >= 11 is 0. The molecule has 13 nitrogen and oxygen atoms in total. The van der Waals surface area contributed by atoms with Gasteiger partial charge in [-0.05, 0) is 0 Å². The van der Waals surface area contributed by atoms with Gasteiger partial charge >= 0.3 is 21.3 Å². The number of nitrogens with two attached hydrogens (primary N) is 1. The summed E-state index contributed by atoms with van der Waals surface area (Å²) in [4.78, 5) is 99.4. The van der Waals surface area contributed by atoms with Gasteiger partial charge in [0.1, 0.15) is 12.1 Å². The van der Waals surface area contributed by atoms with Crippen LogP contribution in [0.25, 0.3) is 0 Å². The largest absolute Gasteiger partial charge is 0.463 e. The number of carbonyl (C=O) groups excluding carboxylic acids is 4. The molecular formula is C8H15NO12P2+2. The molecule has 0 radical (unpaired) electrons. The monoisotopic (exact) mass is 379 g/mol. The topological polar surface area (TPSA) is 256 Å². The molecule has 0 aliphatic rings. The van der Waals surface area contributed by atoms with Crippen LogP contribution in [0.3, 0.4) is 0 Å². The number of ketones is 4. The lowest BCUT2D eigenvalue weighted by Crippen LogP contribution is -2.51. The van der Waals surface area contributed by atoms with E-state index < -0.39 is 63.2 Å². The van der Waals surface area contributed by atoms with Crippen LogP contribution in [0.4, 0.5) is 0 Å². The molecule has 0 saturated heterocycles. The Kier molecular flexibility index (Phi) is 7.56. The molecule has 0 amide bonds. The van der Waals surface area contributed by atoms with Crippen molar-refractivity contribution in [1.29, 1.82) is 0 Å². The maximum Gasteiger partial charge on any atom is 0.463 e. The number of rotatable bonds is 9. The molecule has 0 spiro atoms. The molecule has 0 bridgehead atoms. The molecule has 0 heterocycles. The van der Waals surface area contributed by atoms with E-state index in [4.69, 9.17) is 45.3 Å². The number of aliphatic hydroxyl groups is 2. The summed E-state index contributed by atoms with van der Waals surface area (Å²) in [5, 5.41) is 14.3. The zero-order valence-corrected chi connectivity index (χ0v) is 12.9. The fraction of sp³-hybridized carbons (Fsp3) is 0.500. The maximum absolute atomic E-state index is 11.6. The molecule has 15 heteroatoms. The van der Waals surface area contributed by atoms with Crippen LogP contribution in [0.1, 0.15) is 0 Å². The molecule has 10 N–H and O–H groups in total. The van der Waals surface area contributed by atoms with Crippen molar-refractivity contribution in [2.24, 2.45) is 5.73 Å². The molecule has 0 rings (SSSR count). The third kappa shape index (κ3) is 5.64. The molecule has 0 aromatic carbocycles. The Labute approximate surface area is 128 Å². The summed E-state index contributed by atoms with van der Waals surface area (Å²) in [5.41, 5.74) is 4.98. The van der Waals surface area contributed by atoms with Crippen LogP contribution in [0, 0.1) is 0 Å². The standard InChI is InChI=1S/C8H15NO12P2/c9-3(5(13)4(12)2(11)1-10)6(14)7(15)8(22(16,17)18)23(19,20)21/h2-3,8,10-11,16-21H,1,9H2/q+2/t2-,3-/m1/s1.